The molecule has 16 heavy (non-hydrogen) atoms. The van der Waals surface area contributed by atoms with Crippen LogP contribution in [0.2, 0.25) is 0 Å². The van der Waals surface area contributed by atoms with Gasteiger partial charge in [-0.1, -0.05) is 15.9 Å². The Bertz CT molecular complexity index is 498. The molecule has 2 rings (SSSR count). The lowest BCUT2D eigenvalue weighted by atomic mass is 10.1. The van der Waals surface area contributed by atoms with E-state index in [2.05, 4.69) is 20.7 Å². The third-order valence-electron chi connectivity index (χ3n) is 2.66. The van der Waals surface area contributed by atoms with Gasteiger partial charge in [-0.3, -0.25) is 4.72 Å². The average Bonchev–Trinajstić information content (AvgIpc) is 2.96. The molecule has 0 heterocycles. The third-order valence-corrected chi connectivity index (χ3v) is 5.78. The molecule has 5 heteroatoms. The van der Waals surface area contributed by atoms with Gasteiger partial charge in [-0.2, -0.15) is 0 Å². The van der Waals surface area contributed by atoms with Crippen LogP contribution in [0.3, 0.4) is 0 Å². The Morgan fingerprint density at radius 1 is 1.25 bits per heavy atom. The van der Waals surface area contributed by atoms with Gasteiger partial charge in [0, 0.05) is 10.2 Å². The highest BCUT2D eigenvalue weighted by Crippen LogP contribution is 2.31. The fourth-order valence-corrected chi connectivity index (χ4v) is 3.23. The number of hydrogen-bond acceptors (Lipinski definition) is 2. The number of aryl methyl sites for hydroxylation is 2. The zero-order chi connectivity index (χ0) is 11.9. The second-order valence-electron chi connectivity index (χ2n) is 4.27. The number of anilines is 1. The van der Waals surface area contributed by atoms with Crippen LogP contribution in [0.15, 0.2) is 16.6 Å². The van der Waals surface area contributed by atoms with Gasteiger partial charge in [-0.15, -0.1) is 0 Å². The minimum absolute atomic E-state index is 0.184. The molecule has 0 atom stereocenters. The molecule has 0 radical (unpaired) electrons. The summed E-state index contributed by atoms with van der Waals surface area (Å²) in [5.41, 5.74) is 2.73. The molecular weight excluding hydrogens is 290 g/mol. The van der Waals surface area contributed by atoms with Crippen LogP contribution in [0.4, 0.5) is 5.69 Å². The lowest BCUT2D eigenvalue weighted by molar-refractivity contribution is 0.600. The molecule has 0 amide bonds. The fraction of sp³-hybridized carbons (Fsp3) is 0.455. The molecule has 3 nitrogen and oxygen atoms in total. The Hall–Kier alpha value is -0.550. The molecule has 1 aliphatic carbocycles. The van der Waals surface area contributed by atoms with Crippen molar-refractivity contribution < 1.29 is 8.42 Å². The molecule has 1 saturated carbocycles. The molecule has 1 aromatic rings. The first kappa shape index (κ1) is 11.9. The van der Waals surface area contributed by atoms with Crippen molar-refractivity contribution in [3.8, 4) is 0 Å². The van der Waals surface area contributed by atoms with Crippen molar-refractivity contribution in [3.63, 3.8) is 0 Å². The Balaban J connectivity index is 2.28. The SMILES string of the molecule is Cc1cc(NS(=O)(=O)C2CC2)cc(C)c1Br. The molecule has 88 valence electrons. The second kappa shape index (κ2) is 4.04. The predicted octanol–water partition coefficient (Wildman–Crippen LogP) is 2.97. The quantitative estimate of drug-likeness (QED) is 0.933. The number of benzene rings is 1. The van der Waals surface area contributed by atoms with E-state index >= 15 is 0 Å². The molecule has 1 aliphatic rings. The van der Waals surface area contributed by atoms with Gasteiger partial charge in [-0.05, 0) is 49.9 Å². The van der Waals surface area contributed by atoms with E-state index in [1.807, 2.05) is 26.0 Å². The summed E-state index contributed by atoms with van der Waals surface area (Å²) in [5, 5.41) is -0.184. The molecule has 1 aromatic carbocycles. The molecule has 0 saturated heterocycles. The lowest BCUT2D eigenvalue weighted by Crippen LogP contribution is -2.17. The summed E-state index contributed by atoms with van der Waals surface area (Å²) in [6.45, 7) is 3.90. The van der Waals surface area contributed by atoms with Crippen LogP contribution in [0.5, 0.6) is 0 Å². The van der Waals surface area contributed by atoms with Crippen LogP contribution in [0.1, 0.15) is 24.0 Å². The first-order chi connectivity index (χ1) is 7.40. The first-order valence-corrected chi connectivity index (χ1v) is 7.52. The number of hydrogen-bond donors (Lipinski definition) is 1. The van der Waals surface area contributed by atoms with Gasteiger partial charge in [0.1, 0.15) is 0 Å². The van der Waals surface area contributed by atoms with Gasteiger partial charge in [0.25, 0.3) is 0 Å². The fourth-order valence-electron chi connectivity index (χ4n) is 1.63. The molecule has 0 unspecified atom stereocenters. The minimum atomic E-state index is -3.15. The summed E-state index contributed by atoms with van der Waals surface area (Å²) in [6, 6.07) is 3.69. The van der Waals surface area contributed by atoms with E-state index in [4.69, 9.17) is 0 Å². The van der Waals surface area contributed by atoms with Crippen molar-refractivity contribution in [2.75, 3.05) is 4.72 Å². The minimum Gasteiger partial charge on any atom is -0.283 e. The normalized spacial score (nSPS) is 16.2. The van der Waals surface area contributed by atoms with E-state index in [0.29, 0.717) is 5.69 Å². The van der Waals surface area contributed by atoms with Crippen LogP contribution in [0.25, 0.3) is 0 Å². The zero-order valence-electron chi connectivity index (χ0n) is 9.25. The van der Waals surface area contributed by atoms with Crippen LogP contribution >= 0.6 is 15.9 Å². The highest BCUT2D eigenvalue weighted by molar-refractivity contribution is 9.10. The van der Waals surface area contributed by atoms with Crippen molar-refractivity contribution >= 4 is 31.6 Å². The molecule has 1 fully saturated rings. The zero-order valence-corrected chi connectivity index (χ0v) is 11.7. The van der Waals surface area contributed by atoms with Gasteiger partial charge >= 0.3 is 0 Å². The maximum Gasteiger partial charge on any atom is 0.235 e. The van der Waals surface area contributed by atoms with E-state index in [9.17, 15) is 8.42 Å². The Morgan fingerprint density at radius 3 is 2.19 bits per heavy atom. The Labute approximate surface area is 104 Å². The second-order valence-corrected chi connectivity index (χ2v) is 7.02. The van der Waals surface area contributed by atoms with E-state index in [1.54, 1.807) is 0 Å². The summed E-state index contributed by atoms with van der Waals surface area (Å²) in [6.07, 6.45) is 1.56. The van der Waals surface area contributed by atoms with Crippen molar-refractivity contribution in [1.29, 1.82) is 0 Å². The summed E-state index contributed by atoms with van der Waals surface area (Å²) < 4.78 is 27.2. The van der Waals surface area contributed by atoms with E-state index in [0.717, 1.165) is 28.4 Å². The Kier molecular flexibility index (Phi) is 3.01. The topological polar surface area (TPSA) is 46.2 Å². The van der Waals surface area contributed by atoms with Crippen molar-refractivity contribution in [2.24, 2.45) is 0 Å². The van der Waals surface area contributed by atoms with Gasteiger partial charge in [0.15, 0.2) is 0 Å². The summed E-state index contributed by atoms with van der Waals surface area (Å²) in [4.78, 5) is 0. The summed E-state index contributed by atoms with van der Waals surface area (Å²) >= 11 is 3.46. The molecular formula is C11H14BrNO2S. The maximum atomic E-state index is 11.7. The largest absolute Gasteiger partial charge is 0.283 e. The van der Waals surface area contributed by atoms with E-state index < -0.39 is 10.0 Å². The van der Waals surface area contributed by atoms with Gasteiger partial charge in [0.05, 0.1) is 5.25 Å². The van der Waals surface area contributed by atoms with Gasteiger partial charge < -0.3 is 0 Å². The molecule has 0 bridgehead atoms. The predicted molar refractivity (Wildman–Crippen MR) is 69.2 cm³/mol. The molecule has 0 aliphatic heterocycles. The Morgan fingerprint density at radius 2 is 1.75 bits per heavy atom. The molecule has 0 spiro atoms. The maximum absolute atomic E-state index is 11.7. The van der Waals surface area contributed by atoms with Gasteiger partial charge in [-0.25, -0.2) is 8.42 Å². The average molecular weight is 304 g/mol. The molecule has 0 aromatic heterocycles. The highest BCUT2D eigenvalue weighted by atomic mass is 79.9. The van der Waals surface area contributed by atoms with Crippen LogP contribution in [-0.2, 0) is 10.0 Å². The molecule has 1 N–H and O–H groups in total. The number of nitrogens with one attached hydrogen (secondary N) is 1. The van der Waals surface area contributed by atoms with Gasteiger partial charge in [0.2, 0.25) is 10.0 Å². The van der Waals surface area contributed by atoms with Crippen LogP contribution in [0, 0.1) is 13.8 Å². The van der Waals surface area contributed by atoms with E-state index in [-0.39, 0.29) is 5.25 Å². The van der Waals surface area contributed by atoms with Crippen LogP contribution < -0.4 is 4.72 Å². The van der Waals surface area contributed by atoms with Crippen molar-refractivity contribution in [3.05, 3.63) is 27.7 Å². The van der Waals surface area contributed by atoms with Crippen LogP contribution in [-0.4, -0.2) is 13.7 Å². The number of sulfonamides is 1. The summed E-state index contributed by atoms with van der Waals surface area (Å²) in [5.74, 6) is 0. The highest BCUT2D eigenvalue weighted by Gasteiger charge is 2.35. The monoisotopic (exact) mass is 303 g/mol. The van der Waals surface area contributed by atoms with Crippen molar-refractivity contribution in [1.82, 2.24) is 0 Å². The summed E-state index contributed by atoms with van der Waals surface area (Å²) in [7, 11) is -3.15. The standard InChI is InChI=1S/C11H14BrNO2S/c1-7-5-9(6-8(2)11(7)12)13-16(14,15)10-3-4-10/h5-6,10,13H,3-4H2,1-2H3. The lowest BCUT2D eigenvalue weighted by Gasteiger charge is -2.10. The first-order valence-electron chi connectivity index (χ1n) is 5.18. The number of halogens is 1. The van der Waals surface area contributed by atoms with E-state index in [1.165, 1.54) is 0 Å². The third kappa shape index (κ3) is 2.40. The number of rotatable bonds is 3. The van der Waals surface area contributed by atoms with Crippen molar-refractivity contribution in [2.45, 2.75) is 31.9 Å². The smallest absolute Gasteiger partial charge is 0.235 e.